The van der Waals surface area contributed by atoms with Crippen molar-refractivity contribution in [3.8, 4) is 0 Å². The van der Waals surface area contributed by atoms with E-state index in [1.165, 1.54) is 11.9 Å². The number of hydrazine groups is 1. The van der Waals surface area contributed by atoms with Crippen molar-refractivity contribution in [2.24, 2.45) is 0 Å². The van der Waals surface area contributed by atoms with E-state index in [2.05, 4.69) is 37.0 Å². The molecule has 1 aromatic heterocycles. The topological polar surface area (TPSA) is 124 Å². The number of nitrogens with zero attached hydrogens (tertiary/aromatic N) is 2. The Morgan fingerprint density at radius 2 is 1.88 bits per heavy atom. The number of carbonyl (C=O) groups excluding carboxylic acids is 3. The van der Waals surface area contributed by atoms with E-state index in [4.69, 9.17) is 0 Å². The van der Waals surface area contributed by atoms with Gasteiger partial charge >= 0.3 is 0 Å². The van der Waals surface area contributed by atoms with Crippen LogP contribution in [0.4, 0.5) is 0 Å². The number of carbonyl (C=O) groups is 3. The second-order valence-corrected chi connectivity index (χ2v) is 9.58. The zero-order valence-corrected chi connectivity index (χ0v) is 21.3. The molecular formula is C24H30BrN5O4. The van der Waals surface area contributed by atoms with Crippen LogP contribution in [0, 0.1) is 0 Å². The van der Waals surface area contributed by atoms with Crippen LogP contribution in [0.1, 0.15) is 52.3 Å². The molecule has 4 N–H and O–H groups in total. The molecule has 0 radical (unpaired) electrons. The van der Waals surface area contributed by atoms with Crippen molar-refractivity contribution in [2.45, 2.75) is 58.7 Å². The number of hydrogen-bond acceptors (Lipinski definition) is 6. The Balaban J connectivity index is 1.61. The number of pyridine rings is 1. The zero-order valence-electron chi connectivity index (χ0n) is 19.7. The van der Waals surface area contributed by atoms with Gasteiger partial charge < -0.3 is 15.7 Å². The molecule has 0 unspecified atom stereocenters. The van der Waals surface area contributed by atoms with E-state index in [1.54, 1.807) is 13.8 Å². The van der Waals surface area contributed by atoms with Crippen LogP contribution in [0.2, 0.25) is 0 Å². The summed E-state index contributed by atoms with van der Waals surface area (Å²) in [4.78, 5) is 42.4. The average molecular weight is 532 g/mol. The molecular weight excluding hydrogens is 502 g/mol. The first-order chi connectivity index (χ1) is 16.1. The van der Waals surface area contributed by atoms with E-state index in [1.807, 2.05) is 37.3 Å². The van der Waals surface area contributed by atoms with Crippen LogP contribution in [0.3, 0.4) is 0 Å². The molecule has 34 heavy (non-hydrogen) atoms. The first kappa shape index (κ1) is 25.6. The summed E-state index contributed by atoms with van der Waals surface area (Å²) in [7, 11) is 0. The number of aliphatic hydroxyl groups excluding tert-OH is 1. The SMILES string of the molecule is CC(C)=C(O)C(=O)N[C@@H](C)C(=O)N1CCC[C@@H](C(=O)N[C@H](C)c2ccc3ccc(Br)cc3n2)N1. The Bertz CT molecular complexity index is 1130. The van der Waals surface area contributed by atoms with Crippen molar-refractivity contribution in [3.63, 3.8) is 0 Å². The van der Waals surface area contributed by atoms with Gasteiger partial charge in [0.15, 0.2) is 5.76 Å². The van der Waals surface area contributed by atoms with Gasteiger partial charge in [-0.25, -0.2) is 5.43 Å². The molecule has 9 nitrogen and oxygen atoms in total. The number of fused-ring (bicyclic) bond motifs is 1. The maximum Gasteiger partial charge on any atom is 0.286 e. The molecule has 1 saturated heterocycles. The van der Waals surface area contributed by atoms with Crippen molar-refractivity contribution in [2.75, 3.05) is 6.54 Å². The van der Waals surface area contributed by atoms with Gasteiger partial charge in [-0.1, -0.05) is 28.1 Å². The molecule has 3 rings (SSSR count). The Labute approximate surface area is 207 Å². The third-order valence-electron chi connectivity index (χ3n) is 5.65. The molecule has 1 aliphatic rings. The van der Waals surface area contributed by atoms with Gasteiger partial charge in [-0.3, -0.25) is 24.4 Å². The Hall–Kier alpha value is -2.98. The van der Waals surface area contributed by atoms with Crippen LogP contribution >= 0.6 is 15.9 Å². The van der Waals surface area contributed by atoms with Gasteiger partial charge in [0.25, 0.3) is 11.8 Å². The third-order valence-corrected chi connectivity index (χ3v) is 6.15. The minimum absolute atomic E-state index is 0.236. The van der Waals surface area contributed by atoms with Crippen molar-refractivity contribution in [1.82, 2.24) is 26.1 Å². The third kappa shape index (κ3) is 6.12. The molecule has 0 saturated carbocycles. The van der Waals surface area contributed by atoms with Gasteiger partial charge in [0, 0.05) is 16.4 Å². The van der Waals surface area contributed by atoms with Gasteiger partial charge in [-0.15, -0.1) is 0 Å². The number of allylic oxidation sites excluding steroid dienone is 1. The fourth-order valence-corrected chi connectivity index (χ4v) is 4.01. The summed E-state index contributed by atoms with van der Waals surface area (Å²) in [5.74, 6) is -1.75. The maximum atomic E-state index is 12.9. The summed E-state index contributed by atoms with van der Waals surface area (Å²) in [6.45, 7) is 7.02. The molecule has 0 bridgehead atoms. The van der Waals surface area contributed by atoms with Crippen LogP contribution in [0.5, 0.6) is 0 Å². The average Bonchev–Trinajstić information content (AvgIpc) is 2.82. The number of rotatable bonds is 6. The molecule has 0 aliphatic carbocycles. The minimum atomic E-state index is -0.872. The summed E-state index contributed by atoms with van der Waals surface area (Å²) in [5, 5.41) is 17.6. The van der Waals surface area contributed by atoms with Crippen molar-refractivity contribution < 1.29 is 19.5 Å². The molecule has 1 aromatic carbocycles. The molecule has 10 heteroatoms. The number of nitrogens with one attached hydrogen (secondary N) is 3. The highest BCUT2D eigenvalue weighted by Crippen LogP contribution is 2.21. The lowest BCUT2D eigenvalue weighted by atomic mass is 10.1. The van der Waals surface area contributed by atoms with Crippen LogP contribution in [0.25, 0.3) is 10.9 Å². The number of hydrogen-bond donors (Lipinski definition) is 4. The Kier molecular flexibility index (Phi) is 8.27. The van der Waals surface area contributed by atoms with E-state index in [-0.39, 0.29) is 17.9 Å². The number of benzene rings is 1. The smallest absolute Gasteiger partial charge is 0.286 e. The molecule has 3 atom stereocenters. The molecule has 1 aliphatic heterocycles. The van der Waals surface area contributed by atoms with E-state index in [0.717, 1.165) is 21.1 Å². The number of aliphatic hydroxyl groups is 1. The molecule has 3 amide bonds. The zero-order chi connectivity index (χ0) is 25.0. The van der Waals surface area contributed by atoms with Crippen molar-refractivity contribution >= 4 is 44.6 Å². The van der Waals surface area contributed by atoms with Gasteiger partial charge in [0.05, 0.1) is 17.3 Å². The summed E-state index contributed by atoms with van der Waals surface area (Å²) >= 11 is 3.45. The van der Waals surface area contributed by atoms with Gasteiger partial charge in [-0.2, -0.15) is 0 Å². The highest BCUT2D eigenvalue weighted by molar-refractivity contribution is 9.10. The van der Waals surface area contributed by atoms with E-state index >= 15 is 0 Å². The van der Waals surface area contributed by atoms with E-state index < -0.39 is 23.8 Å². The minimum Gasteiger partial charge on any atom is -0.503 e. The summed E-state index contributed by atoms with van der Waals surface area (Å²) in [5.41, 5.74) is 4.99. The summed E-state index contributed by atoms with van der Waals surface area (Å²) in [6, 6.07) is 7.92. The fourth-order valence-electron chi connectivity index (χ4n) is 3.66. The number of amides is 3. The predicted molar refractivity (Wildman–Crippen MR) is 132 cm³/mol. The first-order valence-electron chi connectivity index (χ1n) is 11.2. The molecule has 2 aromatic rings. The molecule has 182 valence electrons. The lowest BCUT2D eigenvalue weighted by molar-refractivity contribution is -0.142. The van der Waals surface area contributed by atoms with Crippen LogP contribution < -0.4 is 16.1 Å². The van der Waals surface area contributed by atoms with Gasteiger partial charge in [-0.05, 0) is 64.3 Å². The molecule has 1 fully saturated rings. The predicted octanol–water partition coefficient (Wildman–Crippen LogP) is 3.03. The van der Waals surface area contributed by atoms with E-state index in [0.29, 0.717) is 25.0 Å². The first-order valence-corrected chi connectivity index (χ1v) is 12.0. The quantitative estimate of drug-likeness (QED) is 0.335. The summed E-state index contributed by atoms with van der Waals surface area (Å²) < 4.78 is 0.930. The van der Waals surface area contributed by atoms with Crippen LogP contribution in [0.15, 0.2) is 46.1 Å². The Morgan fingerprint density at radius 3 is 2.59 bits per heavy atom. The summed E-state index contributed by atoms with van der Waals surface area (Å²) in [6.07, 6.45) is 1.20. The van der Waals surface area contributed by atoms with Gasteiger partial charge in [0.1, 0.15) is 12.1 Å². The van der Waals surface area contributed by atoms with Crippen molar-refractivity contribution in [1.29, 1.82) is 0 Å². The van der Waals surface area contributed by atoms with Crippen LogP contribution in [-0.4, -0.2) is 51.4 Å². The van der Waals surface area contributed by atoms with Crippen LogP contribution in [-0.2, 0) is 14.4 Å². The number of aromatic nitrogens is 1. The van der Waals surface area contributed by atoms with Crippen molar-refractivity contribution in [3.05, 3.63) is 51.8 Å². The second kappa shape index (κ2) is 11.0. The fraction of sp³-hybridized carbons (Fsp3) is 0.417. The lowest BCUT2D eigenvalue weighted by Crippen LogP contribution is -2.60. The highest BCUT2D eigenvalue weighted by Gasteiger charge is 2.31. The largest absolute Gasteiger partial charge is 0.503 e. The second-order valence-electron chi connectivity index (χ2n) is 8.66. The maximum absolute atomic E-state index is 12.9. The monoisotopic (exact) mass is 531 g/mol. The number of halogens is 1. The molecule has 0 spiro atoms. The van der Waals surface area contributed by atoms with E-state index in [9.17, 15) is 19.5 Å². The lowest BCUT2D eigenvalue weighted by Gasteiger charge is -2.35. The molecule has 2 heterocycles. The normalized spacial score (nSPS) is 17.6. The standard InChI is InChI=1S/C24H30BrN5O4/c1-13(2)21(31)23(33)27-15(4)24(34)30-11-5-6-19(29-30)22(32)26-14(3)18-10-8-16-7-9-17(25)12-20(16)28-18/h7-10,12,14-15,19,29,31H,5-6,11H2,1-4H3,(H,26,32)(H,27,33)/t14-,15+,19+/m1/s1. The Morgan fingerprint density at radius 1 is 1.18 bits per heavy atom. The van der Waals surface area contributed by atoms with Gasteiger partial charge in [0.2, 0.25) is 5.91 Å². The highest BCUT2D eigenvalue weighted by atomic mass is 79.9.